The second kappa shape index (κ2) is 14.2. The number of thiophene rings is 1. The molecule has 1 N–H and O–H groups in total. The quantitative estimate of drug-likeness (QED) is 0.119. The first-order valence-corrected chi connectivity index (χ1v) is 16.0. The number of nitrogens with zero attached hydrogens (tertiary/aromatic N) is 2. The van der Waals surface area contributed by atoms with Crippen LogP contribution < -0.4 is 39.2 Å². The van der Waals surface area contributed by atoms with Crippen molar-refractivity contribution < 1.29 is 42.7 Å². The Morgan fingerprint density at radius 2 is 1.81 bits per heavy atom. The van der Waals surface area contributed by atoms with Gasteiger partial charge >= 0.3 is 5.97 Å². The molecule has 0 radical (unpaired) electrons. The van der Waals surface area contributed by atoms with Crippen molar-refractivity contribution in [3.63, 3.8) is 0 Å². The number of quaternary nitrogens is 1. The summed E-state index contributed by atoms with van der Waals surface area (Å²) in [6.07, 6.45) is 7.35. The number of piperazine rings is 1. The molecule has 224 valence electrons. The summed E-state index contributed by atoms with van der Waals surface area (Å²) in [4.78, 5) is 30.0. The molecule has 0 bridgehead atoms. The van der Waals surface area contributed by atoms with Gasteiger partial charge in [-0.15, -0.1) is 11.3 Å². The van der Waals surface area contributed by atoms with Crippen molar-refractivity contribution >= 4 is 44.0 Å². The van der Waals surface area contributed by atoms with Gasteiger partial charge in [-0.3, -0.25) is 14.1 Å². The van der Waals surface area contributed by atoms with Crippen LogP contribution in [-0.4, -0.2) is 61.5 Å². The summed E-state index contributed by atoms with van der Waals surface area (Å²) in [5.41, 5.74) is 1.99. The number of esters is 1. The molecule has 1 saturated heterocycles. The molecule has 0 amide bonds. The Labute approximate surface area is 268 Å². The lowest BCUT2D eigenvalue weighted by Crippen LogP contribution is -3.00. The fraction of sp³-hybridized carbons (Fsp3) is 0.455. The lowest BCUT2D eigenvalue weighted by molar-refractivity contribution is -0.944. The Balaban J connectivity index is 0.00000353. The minimum atomic E-state index is -0.111. The van der Waals surface area contributed by atoms with Crippen LogP contribution in [-0.2, 0) is 9.53 Å². The fourth-order valence-electron chi connectivity index (χ4n) is 6.42. The Hall–Kier alpha value is -2.63. The van der Waals surface area contributed by atoms with Crippen LogP contribution in [0.2, 0.25) is 0 Å². The van der Waals surface area contributed by atoms with Crippen molar-refractivity contribution in [2.24, 2.45) is 5.92 Å². The summed E-state index contributed by atoms with van der Waals surface area (Å²) >= 11 is 1.79. The Kier molecular flexibility index (Phi) is 10.4. The standard InChI is InChI=1S/C33H39N3O4S.HI/c37-32-14-12-25-11-13-27(23-29(25)34-32)39-21-5-4-18-36(24-40-33(38)26-7-2-1-3-8-26)19-16-35(17-20-36)30-9-6-10-31-28(30)15-22-41-31;/h6,9-15,22-23,26H,1-5,7-8,16-21,24H2;1H. The summed E-state index contributed by atoms with van der Waals surface area (Å²) in [6.45, 7) is 5.84. The SMILES string of the molecule is O=C(OC[N+]1(CCCCOc2ccc3ccc(=O)[nH]c3c2)CCN(c2cccc3sccc23)CC1)C1CCCCC1.[I-]. The predicted molar refractivity (Wildman–Crippen MR) is 166 cm³/mol. The molecule has 7 nitrogen and oxygen atoms in total. The zero-order chi connectivity index (χ0) is 28.1. The number of hydrogen-bond acceptors (Lipinski definition) is 6. The van der Waals surface area contributed by atoms with Crippen LogP contribution >= 0.6 is 11.3 Å². The third kappa shape index (κ3) is 7.29. The maximum absolute atomic E-state index is 12.9. The zero-order valence-corrected chi connectivity index (χ0v) is 27.0. The number of carbonyl (C=O) groups excluding carboxylic acids is 1. The van der Waals surface area contributed by atoms with Gasteiger partial charge in [0.05, 0.1) is 50.8 Å². The normalized spacial score (nSPS) is 17.2. The van der Waals surface area contributed by atoms with E-state index >= 15 is 0 Å². The number of pyridine rings is 1. The second-order valence-electron chi connectivity index (χ2n) is 11.7. The number of nitrogens with one attached hydrogen (secondary N) is 1. The average molecular weight is 702 g/mol. The average Bonchev–Trinajstić information content (AvgIpc) is 3.50. The van der Waals surface area contributed by atoms with E-state index in [2.05, 4.69) is 39.5 Å². The molecule has 9 heteroatoms. The molecule has 1 saturated carbocycles. The Bertz CT molecular complexity index is 1540. The molecule has 0 spiro atoms. The summed E-state index contributed by atoms with van der Waals surface area (Å²) in [6, 6.07) is 18.0. The number of unbranched alkanes of at least 4 members (excludes halogenated alkanes) is 1. The molecule has 2 aromatic carbocycles. The Morgan fingerprint density at radius 1 is 1.00 bits per heavy atom. The van der Waals surface area contributed by atoms with Crippen LogP contribution in [0.3, 0.4) is 0 Å². The van der Waals surface area contributed by atoms with Gasteiger partial charge in [-0.2, -0.15) is 0 Å². The van der Waals surface area contributed by atoms with Gasteiger partial charge in [-0.1, -0.05) is 25.3 Å². The number of ether oxygens (including phenoxy) is 2. The summed E-state index contributed by atoms with van der Waals surface area (Å²) in [7, 11) is 0. The third-order valence-corrected chi connectivity index (χ3v) is 9.80. The van der Waals surface area contributed by atoms with Crippen molar-refractivity contribution in [1.29, 1.82) is 0 Å². The van der Waals surface area contributed by atoms with Crippen LogP contribution in [0.25, 0.3) is 21.0 Å². The van der Waals surface area contributed by atoms with Crippen molar-refractivity contribution in [3.8, 4) is 5.75 Å². The maximum atomic E-state index is 12.9. The smallest absolute Gasteiger partial charge is 0.313 e. The molecular weight excluding hydrogens is 661 g/mol. The molecule has 1 aliphatic heterocycles. The highest BCUT2D eigenvalue weighted by Crippen LogP contribution is 2.32. The van der Waals surface area contributed by atoms with E-state index in [1.807, 2.05) is 24.3 Å². The highest BCUT2D eigenvalue weighted by Gasteiger charge is 2.35. The van der Waals surface area contributed by atoms with Gasteiger partial charge in [0.2, 0.25) is 12.3 Å². The zero-order valence-electron chi connectivity index (χ0n) is 24.1. The number of aromatic nitrogens is 1. The predicted octanol–water partition coefficient (Wildman–Crippen LogP) is 3.32. The molecule has 2 aromatic heterocycles. The fourth-order valence-corrected chi connectivity index (χ4v) is 7.22. The highest BCUT2D eigenvalue weighted by atomic mass is 127. The van der Waals surface area contributed by atoms with Gasteiger partial charge in [-0.05, 0) is 72.8 Å². The number of H-pyrrole nitrogens is 1. The first kappa shape index (κ1) is 30.8. The first-order chi connectivity index (χ1) is 20.1. The van der Waals surface area contributed by atoms with Gasteiger partial charge in [0.15, 0.2) is 0 Å². The van der Waals surface area contributed by atoms with E-state index in [0.29, 0.717) is 13.3 Å². The summed E-state index contributed by atoms with van der Waals surface area (Å²) < 4.78 is 14.2. The molecule has 42 heavy (non-hydrogen) atoms. The van der Waals surface area contributed by atoms with Crippen LogP contribution in [0.5, 0.6) is 5.75 Å². The van der Waals surface area contributed by atoms with Crippen molar-refractivity contribution in [1.82, 2.24) is 4.98 Å². The minimum absolute atomic E-state index is 0. The number of hydrogen-bond donors (Lipinski definition) is 1. The Morgan fingerprint density at radius 3 is 2.64 bits per heavy atom. The van der Waals surface area contributed by atoms with E-state index < -0.39 is 0 Å². The maximum Gasteiger partial charge on any atom is 0.313 e. The lowest BCUT2D eigenvalue weighted by atomic mass is 9.89. The molecule has 2 fully saturated rings. The van der Waals surface area contributed by atoms with E-state index in [1.54, 1.807) is 11.3 Å². The van der Waals surface area contributed by atoms with Crippen LogP contribution in [0.4, 0.5) is 5.69 Å². The number of rotatable bonds is 10. The lowest BCUT2D eigenvalue weighted by Gasteiger charge is -2.45. The molecule has 6 rings (SSSR count). The van der Waals surface area contributed by atoms with E-state index in [0.717, 1.165) is 92.4 Å². The first-order valence-electron chi connectivity index (χ1n) is 15.1. The molecular formula is C33H40IN3O4S. The number of halogens is 1. The number of anilines is 1. The van der Waals surface area contributed by atoms with Crippen LogP contribution in [0.15, 0.2) is 64.8 Å². The second-order valence-corrected chi connectivity index (χ2v) is 12.6. The van der Waals surface area contributed by atoms with E-state index in [9.17, 15) is 9.59 Å². The van der Waals surface area contributed by atoms with Gasteiger partial charge in [0.1, 0.15) is 5.75 Å². The monoisotopic (exact) mass is 701 g/mol. The van der Waals surface area contributed by atoms with Crippen LogP contribution in [0.1, 0.15) is 44.9 Å². The largest absolute Gasteiger partial charge is 1.00 e. The van der Waals surface area contributed by atoms with E-state index in [-0.39, 0.29) is 41.4 Å². The molecule has 0 atom stereocenters. The number of aromatic amines is 1. The van der Waals surface area contributed by atoms with E-state index in [1.165, 1.54) is 28.3 Å². The molecule has 3 heterocycles. The minimum Gasteiger partial charge on any atom is -1.00 e. The van der Waals surface area contributed by atoms with Crippen molar-refractivity contribution in [3.05, 3.63) is 70.3 Å². The van der Waals surface area contributed by atoms with Gasteiger partial charge < -0.3 is 43.3 Å². The molecule has 2 aliphatic rings. The third-order valence-electron chi connectivity index (χ3n) is 8.91. The van der Waals surface area contributed by atoms with Gasteiger partial charge in [-0.25, -0.2) is 0 Å². The number of carbonyl (C=O) groups is 1. The van der Waals surface area contributed by atoms with Crippen molar-refractivity contribution in [2.45, 2.75) is 44.9 Å². The highest BCUT2D eigenvalue weighted by molar-refractivity contribution is 7.17. The van der Waals surface area contributed by atoms with Crippen LogP contribution in [0, 0.1) is 5.92 Å². The topological polar surface area (TPSA) is 71.6 Å². The molecule has 0 unspecified atom stereocenters. The summed E-state index contributed by atoms with van der Waals surface area (Å²) in [5.74, 6) is 0.845. The summed E-state index contributed by atoms with van der Waals surface area (Å²) in [5, 5.41) is 4.49. The van der Waals surface area contributed by atoms with Gasteiger partial charge in [0.25, 0.3) is 0 Å². The molecule has 4 aromatic rings. The number of fused-ring (bicyclic) bond motifs is 2. The van der Waals surface area contributed by atoms with Crippen molar-refractivity contribution in [2.75, 3.05) is 51.0 Å². The number of benzene rings is 2. The van der Waals surface area contributed by atoms with E-state index in [4.69, 9.17) is 9.47 Å². The van der Waals surface area contributed by atoms with Gasteiger partial charge in [0, 0.05) is 27.9 Å². The molecule has 1 aliphatic carbocycles.